The minimum Gasteiger partial charge on any atom is -0.497 e. The Kier molecular flexibility index (Phi) is 3.06. The Morgan fingerprint density at radius 2 is 2.00 bits per heavy atom. The molecule has 96 valence electrons. The van der Waals surface area contributed by atoms with Gasteiger partial charge in [0.25, 0.3) is 0 Å². The monoisotopic (exact) mass is 365 g/mol. The van der Waals surface area contributed by atoms with Gasteiger partial charge in [-0.25, -0.2) is 4.98 Å². The highest BCUT2D eigenvalue weighted by Crippen LogP contribution is 2.28. The van der Waals surface area contributed by atoms with Crippen LogP contribution in [-0.2, 0) is 0 Å². The molecule has 0 aliphatic heterocycles. The molecule has 0 spiro atoms. The molecule has 3 aromatic rings. The molecular weight excluding hydrogens is 353 g/mol. The Morgan fingerprint density at radius 1 is 1.21 bits per heavy atom. The van der Waals surface area contributed by atoms with Gasteiger partial charge in [0.2, 0.25) is 5.95 Å². The maximum absolute atomic E-state index is 6.05. The summed E-state index contributed by atoms with van der Waals surface area (Å²) in [5, 5.41) is 0. The van der Waals surface area contributed by atoms with E-state index in [0.29, 0.717) is 5.95 Å². The van der Waals surface area contributed by atoms with E-state index in [-0.39, 0.29) is 0 Å². The molecule has 3 rings (SSSR count). The van der Waals surface area contributed by atoms with Crippen LogP contribution in [0, 0.1) is 3.57 Å². The summed E-state index contributed by atoms with van der Waals surface area (Å²) in [5.74, 6) is 1.26. The van der Waals surface area contributed by atoms with Crippen LogP contribution >= 0.6 is 22.6 Å². The van der Waals surface area contributed by atoms with Gasteiger partial charge in [0.15, 0.2) is 0 Å². The van der Waals surface area contributed by atoms with Crippen LogP contribution in [0.2, 0.25) is 0 Å². The first kappa shape index (κ1) is 12.3. The largest absolute Gasteiger partial charge is 0.497 e. The first-order valence-electron chi connectivity index (χ1n) is 5.77. The van der Waals surface area contributed by atoms with Crippen molar-refractivity contribution in [2.75, 3.05) is 12.8 Å². The molecule has 0 bridgehead atoms. The van der Waals surface area contributed by atoms with Crippen molar-refractivity contribution in [3.8, 4) is 11.4 Å². The quantitative estimate of drug-likeness (QED) is 0.710. The second-order valence-electron chi connectivity index (χ2n) is 4.11. The lowest BCUT2D eigenvalue weighted by Gasteiger charge is -2.08. The SMILES string of the molecule is COc1ccc2c(c1)nc(N)n2-c1ccccc1I. The maximum atomic E-state index is 6.05. The lowest BCUT2D eigenvalue weighted by Crippen LogP contribution is -2.02. The van der Waals surface area contributed by atoms with Gasteiger partial charge in [-0.15, -0.1) is 0 Å². The van der Waals surface area contributed by atoms with E-state index in [1.165, 1.54) is 0 Å². The zero-order chi connectivity index (χ0) is 13.4. The minimum absolute atomic E-state index is 0.479. The molecule has 0 aliphatic carbocycles. The number of nitrogen functional groups attached to an aromatic ring is 1. The van der Waals surface area contributed by atoms with Gasteiger partial charge in [0, 0.05) is 9.64 Å². The van der Waals surface area contributed by atoms with Crippen molar-refractivity contribution in [3.05, 3.63) is 46.0 Å². The van der Waals surface area contributed by atoms with Crippen LogP contribution < -0.4 is 10.5 Å². The van der Waals surface area contributed by atoms with Gasteiger partial charge in [-0.2, -0.15) is 0 Å². The van der Waals surface area contributed by atoms with Crippen molar-refractivity contribution in [3.63, 3.8) is 0 Å². The lowest BCUT2D eigenvalue weighted by molar-refractivity contribution is 0.415. The Labute approximate surface area is 124 Å². The van der Waals surface area contributed by atoms with E-state index in [2.05, 4.69) is 27.6 Å². The van der Waals surface area contributed by atoms with Gasteiger partial charge in [-0.1, -0.05) is 12.1 Å². The van der Waals surface area contributed by atoms with Gasteiger partial charge in [0.1, 0.15) is 5.75 Å². The van der Waals surface area contributed by atoms with Crippen LogP contribution in [0.25, 0.3) is 16.7 Å². The molecule has 1 aromatic heterocycles. The first-order chi connectivity index (χ1) is 9.20. The van der Waals surface area contributed by atoms with Crippen molar-refractivity contribution in [2.24, 2.45) is 0 Å². The molecule has 0 fully saturated rings. The number of fused-ring (bicyclic) bond motifs is 1. The molecule has 2 N–H and O–H groups in total. The van der Waals surface area contributed by atoms with E-state index in [1.807, 2.05) is 47.0 Å². The second kappa shape index (κ2) is 4.73. The first-order valence-corrected chi connectivity index (χ1v) is 6.85. The fourth-order valence-electron chi connectivity index (χ4n) is 2.09. The number of para-hydroxylation sites is 1. The molecule has 0 atom stereocenters. The lowest BCUT2D eigenvalue weighted by atomic mass is 10.2. The number of nitrogens with two attached hydrogens (primary N) is 1. The Hall–Kier alpha value is -1.76. The van der Waals surface area contributed by atoms with Crippen molar-refractivity contribution in [2.45, 2.75) is 0 Å². The number of rotatable bonds is 2. The molecule has 0 radical (unpaired) electrons. The zero-order valence-electron chi connectivity index (χ0n) is 10.3. The predicted octanol–water partition coefficient (Wildman–Crippen LogP) is 3.22. The van der Waals surface area contributed by atoms with Gasteiger partial charge < -0.3 is 10.5 Å². The summed E-state index contributed by atoms with van der Waals surface area (Å²) in [6, 6.07) is 13.8. The normalized spacial score (nSPS) is 10.8. The number of benzene rings is 2. The van der Waals surface area contributed by atoms with Crippen LogP contribution in [0.4, 0.5) is 5.95 Å². The average Bonchev–Trinajstić information content (AvgIpc) is 2.74. The molecule has 0 saturated heterocycles. The molecule has 0 saturated carbocycles. The second-order valence-corrected chi connectivity index (χ2v) is 5.27. The molecule has 5 heteroatoms. The highest BCUT2D eigenvalue weighted by molar-refractivity contribution is 14.1. The summed E-state index contributed by atoms with van der Waals surface area (Å²) in [6.07, 6.45) is 0. The number of aromatic nitrogens is 2. The highest BCUT2D eigenvalue weighted by Gasteiger charge is 2.12. The zero-order valence-corrected chi connectivity index (χ0v) is 12.5. The van der Waals surface area contributed by atoms with E-state index in [4.69, 9.17) is 10.5 Å². The third-order valence-corrected chi connectivity index (χ3v) is 3.89. The molecule has 2 aromatic carbocycles. The average molecular weight is 365 g/mol. The number of methoxy groups -OCH3 is 1. The van der Waals surface area contributed by atoms with Gasteiger partial charge in [-0.3, -0.25) is 4.57 Å². The number of ether oxygens (including phenoxy) is 1. The van der Waals surface area contributed by atoms with Crippen LogP contribution in [-0.4, -0.2) is 16.7 Å². The van der Waals surface area contributed by atoms with Gasteiger partial charge in [-0.05, 0) is 46.9 Å². The third kappa shape index (κ3) is 2.03. The van der Waals surface area contributed by atoms with E-state index in [1.54, 1.807) is 7.11 Å². The summed E-state index contributed by atoms with van der Waals surface area (Å²) in [7, 11) is 1.64. The van der Waals surface area contributed by atoms with Crippen LogP contribution in [0.5, 0.6) is 5.75 Å². The number of halogens is 1. The number of hydrogen-bond acceptors (Lipinski definition) is 3. The number of imidazole rings is 1. The summed E-state index contributed by atoms with van der Waals surface area (Å²) >= 11 is 2.30. The van der Waals surface area contributed by atoms with Gasteiger partial charge >= 0.3 is 0 Å². The topological polar surface area (TPSA) is 53.1 Å². The van der Waals surface area contributed by atoms with Crippen LogP contribution in [0.1, 0.15) is 0 Å². The Bertz CT molecular complexity index is 752. The van der Waals surface area contributed by atoms with Crippen LogP contribution in [0.15, 0.2) is 42.5 Å². The number of hydrogen-bond donors (Lipinski definition) is 1. The summed E-state index contributed by atoms with van der Waals surface area (Å²) in [6.45, 7) is 0. The Morgan fingerprint density at radius 3 is 2.74 bits per heavy atom. The van der Waals surface area contributed by atoms with E-state index >= 15 is 0 Å². The third-order valence-electron chi connectivity index (χ3n) is 2.98. The highest BCUT2D eigenvalue weighted by atomic mass is 127. The molecule has 0 unspecified atom stereocenters. The Balaban J connectivity index is 2.30. The predicted molar refractivity (Wildman–Crippen MR) is 84.8 cm³/mol. The molecule has 1 heterocycles. The maximum Gasteiger partial charge on any atom is 0.205 e. The van der Waals surface area contributed by atoms with Crippen LogP contribution in [0.3, 0.4) is 0 Å². The van der Waals surface area contributed by atoms with Crippen molar-refractivity contribution in [1.82, 2.24) is 9.55 Å². The van der Waals surface area contributed by atoms with Crippen molar-refractivity contribution < 1.29 is 4.74 Å². The van der Waals surface area contributed by atoms with Crippen molar-refractivity contribution >= 4 is 39.6 Å². The smallest absolute Gasteiger partial charge is 0.205 e. The summed E-state index contributed by atoms with van der Waals surface area (Å²) < 4.78 is 8.29. The van der Waals surface area contributed by atoms with Crippen molar-refractivity contribution in [1.29, 1.82) is 0 Å². The van der Waals surface area contributed by atoms with E-state index < -0.39 is 0 Å². The fourth-order valence-corrected chi connectivity index (χ4v) is 2.72. The van der Waals surface area contributed by atoms with E-state index in [9.17, 15) is 0 Å². The van der Waals surface area contributed by atoms with Gasteiger partial charge in [0.05, 0.1) is 23.8 Å². The summed E-state index contributed by atoms with van der Waals surface area (Å²) in [5.41, 5.74) is 8.89. The number of anilines is 1. The molecule has 0 amide bonds. The summed E-state index contributed by atoms with van der Waals surface area (Å²) in [4.78, 5) is 4.40. The minimum atomic E-state index is 0.479. The van der Waals surface area contributed by atoms with E-state index in [0.717, 1.165) is 26.0 Å². The standard InChI is InChI=1S/C14H12IN3O/c1-19-9-6-7-13-11(8-9)17-14(16)18(13)12-5-3-2-4-10(12)15/h2-8H,1H3,(H2,16,17). The molecular formula is C14H12IN3O. The molecule has 19 heavy (non-hydrogen) atoms. The molecule has 4 nitrogen and oxygen atoms in total. The fraction of sp³-hybridized carbons (Fsp3) is 0.0714. The molecule has 0 aliphatic rings. The number of nitrogens with zero attached hydrogens (tertiary/aromatic N) is 2.